The van der Waals surface area contributed by atoms with Crippen LogP contribution in [-0.4, -0.2) is 51.1 Å². The molecule has 42 heavy (non-hydrogen) atoms. The predicted octanol–water partition coefficient (Wildman–Crippen LogP) is 5.73. The van der Waals surface area contributed by atoms with Crippen LogP contribution in [0.5, 0.6) is 11.6 Å². The predicted molar refractivity (Wildman–Crippen MR) is 161 cm³/mol. The Kier molecular flexibility index (Phi) is 9.74. The van der Waals surface area contributed by atoms with E-state index in [9.17, 15) is 9.18 Å². The number of rotatable bonds is 7. The summed E-state index contributed by atoms with van der Waals surface area (Å²) in [5.74, 6) is 1.45. The van der Waals surface area contributed by atoms with Gasteiger partial charge in [-0.1, -0.05) is 38.5 Å². The molecule has 10 nitrogen and oxygen atoms in total. The molecular formula is C31H38FN7O3. The molecule has 0 saturated carbocycles. The third-order valence-corrected chi connectivity index (χ3v) is 6.68. The zero-order valence-electron chi connectivity index (χ0n) is 24.7. The molecule has 2 aromatic heterocycles. The van der Waals surface area contributed by atoms with E-state index in [0.29, 0.717) is 29.0 Å². The first-order chi connectivity index (χ1) is 20.2. The molecule has 0 aliphatic carbocycles. The number of aromatic nitrogens is 4. The fraction of sp³-hybridized carbons (Fsp3) is 0.355. The van der Waals surface area contributed by atoms with Crippen LogP contribution in [-0.2, 0) is 12.0 Å². The van der Waals surface area contributed by atoms with E-state index in [0.717, 1.165) is 50.0 Å². The van der Waals surface area contributed by atoms with Gasteiger partial charge in [0.1, 0.15) is 17.4 Å². The summed E-state index contributed by atoms with van der Waals surface area (Å²) in [5.41, 5.74) is 3.05. The van der Waals surface area contributed by atoms with Crippen molar-refractivity contribution in [1.29, 1.82) is 0 Å². The standard InChI is InChI=1S/C30H34FN7O2.CH4O/c1-20-7-10-23(11-8-20)38-26(18-25(36-38)30(2,3)4)34-29(39)33-19-21-17-22(31)9-12-24(21)40-27-13-14-32-28(35-27)37-15-5-6-16-37;1-2/h7-14,17-18H,5-6,15-16,19H2,1-4H3,(H2,33,34,39);2H,1H3. The second-order valence-electron chi connectivity index (χ2n) is 11.0. The molecule has 3 heterocycles. The topological polar surface area (TPSA) is 117 Å². The number of aliphatic hydroxyl groups excluding tert-OH is 1. The maximum Gasteiger partial charge on any atom is 0.320 e. The Balaban J connectivity index is 0.00000198. The van der Waals surface area contributed by atoms with E-state index in [1.807, 2.05) is 37.3 Å². The van der Waals surface area contributed by atoms with Crippen LogP contribution in [0.25, 0.3) is 5.69 Å². The molecule has 2 aromatic carbocycles. The summed E-state index contributed by atoms with van der Waals surface area (Å²) in [5, 5.41) is 17.5. The van der Waals surface area contributed by atoms with Gasteiger partial charge in [0.15, 0.2) is 0 Å². The minimum Gasteiger partial charge on any atom is -0.439 e. The smallest absolute Gasteiger partial charge is 0.320 e. The average molecular weight is 576 g/mol. The number of urea groups is 1. The molecule has 0 bridgehead atoms. The number of hydrogen-bond donors (Lipinski definition) is 3. The minimum atomic E-state index is -0.456. The van der Waals surface area contributed by atoms with Crippen molar-refractivity contribution in [2.45, 2.75) is 52.5 Å². The highest BCUT2D eigenvalue weighted by Crippen LogP contribution is 2.28. The van der Waals surface area contributed by atoms with Crippen LogP contribution in [0.3, 0.4) is 0 Å². The molecule has 0 spiro atoms. The van der Waals surface area contributed by atoms with Gasteiger partial charge in [0.2, 0.25) is 11.8 Å². The number of anilines is 2. The van der Waals surface area contributed by atoms with Crippen LogP contribution in [0.1, 0.15) is 50.4 Å². The molecule has 0 unspecified atom stereocenters. The number of carbonyl (C=O) groups excluding carboxylic acids is 1. The monoisotopic (exact) mass is 575 g/mol. The number of nitrogens with zero attached hydrogens (tertiary/aromatic N) is 5. The second-order valence-corrected chi connectivity index (χ2v) is 11.0. The Hall–Kier alpha value is -4.51. The van der Waals surface area contributed by atoms with Gasteiger partial charge in [0, 0.05) is 56.1 Å². The molecule has 4 aromatic rings. The van der Waals surface area contributed by atoms with E-state index in [4.69, 9.17) is 14.9 Å². The molecule has 3 N–H and O–H groups in total. The number of aliphatic hydroxyl groups is 1. The normalized spacial score (nSPS) is 12.9. The SMILES string of the molecule is CO.Cc1ccc(-n2nc(C(C)(C)C)cc2NC(=O)NCc2cc(F)ccc2Oc2ccnc(N3CCCC3)n2)cc1. The van der Waals surface area contributed by atoms with Gasteiger partial charge < -0.3 is 20.1 Å². The minimum absolute atomic E-state index is 0.0355. The molecule has 11 heteroatoms. The van der Waals surface area contributed by atoms with Crippen LogP contribution < -0.4 is 20.3 Å². The highest BCUT2D eigenvalue weighted by molar-refractivity contribution is 5.88. The van der Waals surface area contributed by atoms with Crippen LogP contribution in [0.2, 0.25) is 0 Å². The van der Waals surface area contributed by atoms with Crippen molar-refractivity contribution in [3.63, 3.8) is 0 Å². The summed E-state index contributed by atoms with van der Waals surface area (Å²) in [4.78, 5) is 24.0. The van der Waals surface area contributed by atoms with E-state index in [-0.39, 0.29) is 12.0 Å². The number of ether oxygens (including phenoxy) is 1. The number of aryl methyl sites for hydroxylation is 1. The number of hydrogen-bond acceptors (Lipinski definition) is 7. The molecule has 0 atom stereocenters. The van der Waals surface area contributed by atoms with Gasteiger partial charge in [-0.25, -0.2) is 18.9 Å². The summed E-state index contributed by atoms with van der Waals surface area (Å²) < 4.78 is 21.9. The lowest BCUT2D eigenvalue weighted by atomic mass is 9.92. The van der Waals surface area contributed by atoms with Crippen molar-refractivity contribution < 1.29 is 19.0 Å². The summed E-state index contributed by atoms with van der Waals surface area (Å²) in [6, 6.07) is 15.2. The Morgan fingerprint density at radius 2 is 1.76 bits per heavy atom. The first-order valence-electron chi connectivity index (χ1n) is 13.9. The summed E-state index contributed by atoms with van der Waals surface area (Å²) in [7, 11) is 1.00. The fourth-order valence-electron chi connectivity index (χ4n) is 4.41. The van der Waals surface area contributed by atoms with Gasteiger partial charge in [-0.05, 0) is 50.1 Å². The zero-order valence-corrected chi connectivity index (χ0v) is 24.7. The van der Waals surface area contributed by atoms with Gasteiger partial charge in [-0.15, -0.1) is 0 Å². The summed E-state index contributed by atoms with van der Waals surface area (Å²) in [6.07, 6.45) is 3.86. The van der Waals surface area contributed by atoms with E-state index in [2.05, 4.69) is 46.3 Å². The maximum absolute atomic E-state index is 14.2. The fourth-order valence-corrected chi connectivity index (χ4v) is 4.41. The summed E-state index contributed by atoms with van der Waals surface area (Å²) >= 11 is 0. The number of amides is 2. The quantitative estimate of drug-likeness (QED) is 0.258. The number of benzene rings is 2. The molecule has 1 fully saturated rings. The van der Waals surface area contributed by atoms with Gasteiger partial charge in [0.05, 0.1) is 11.4 Å². The van der Waals surface area contributed by atoms with Crippen molar-refractivity contribution in [2.75, 3.05) is 30.4 Å². The Bertz CT molecular complexity index is 1490. The van der Waals surface area contributed by atoms with E-state index < -0.39 is 11.8 Å². The second kappa shape index (κ2) is 13.4. The summed E-state index contributed by atoms with van der Waals surface area (Å²) in [6.45, 7) is 10.1. The largest absolute Gasteiger partial charge is 0.439 e. The number of halogens is 1. The molecule has 1 aliphatic heterocycles. The zero-order chi connectivity index (χ0) is 30.3. The Morgan fingerprint density at radius 1 is 1.05 bits per heavy atom. The van der Waals surface area contributed by atoms with E-state index in [1.54, 1.807) is 16.9 Å². The van der Waals surface area contributed by atoms with Crippen molar-refractivity contribution >= 4 is 17.8 Å². The lowest BCUT2D eigenvalue weighted by molar-refractivity contribution is 0.251. The van der Waals surface area contributed by atoms with Crippen molar-refractivity contribution in [1.82, 2.24) is 25.1 Å². The third kappa shape index (κ3) is 7.61. The Morgan fingerprint density at radius 3 is 2.45 bits per heavy atom. The molecule has 2 amide bonds. The Labute approximate surface area is 245 Å². The highest BCUT2D eigenvalue weighted by atomic mass is 19.1. The van der Waals surface area contributed by atoms with Crippen LogP contribution in [0.4, 0.5) is 21.0 Å². The molecular weight excluding hydrogens is 537 g/mol. The number of carbonyl (C=O) groups is 1. The third-order valence-electron chi connectivity index (χ3n) is 6.68. The molecule has 5 rings (SSSR count). The van der Waals surface area contributed by atoms with Crippen LogP contribution >= 0.6 is 0 Å². The molecule has 1 saturated heterocycles. The molecule has 222 valence electrons. The van der Waals surface area contributed by atoms with Crippen LogP contribution in [0, 0.1) is 12.7 Å². The first kappa shape index (κ1) is 30.4. The van der Waals surface area contributed by atoms with Gasteiger partial charge in [-0.3, -0.25) is 5.32 Å². The molecule has 1 aliphatic rings. The van der Waals surface area contributed by atoms with Gasteiger partial charge >= 0.3 is 6.03 Å². The average Bonchev–Trinajstić information content (AvgIpc) is 3.66. The van der Waals surface area contributed by atoms with Gasteiger partial charge in [-0.2, -0.15) is 10.1 Å². The number of nitrogens with one attached hydrogen (secondary N) is 2. The molecule has 0 radical (unpaired) electrons. The lowest BCUT2D eigenvalue weighted by Gasteiger charge is -2.16. The van der Waals surface area contributed by atoms with E-state index in [1.165, 1.54) is 18.2 Å². The van der Waals surface area contributed by atoms with Gasteiger partial charge in [0.25, 0.3) is 0 Å². The maximum atomic E-state index is 14.2. The highest BCUT2D eigenvalue weighted by Gasteiger charge is 2.22. The van der Waals surface area contributed by atoms with Crippen molar-refractivity contribution in [2.24, 2.45) is 0 Å². The van der Waals surface area contributed by atoms with E-state index >= 15 is 0 Å². The van der Waals surface area contributed by atoms with Crippen LogP contribution in [0.15, 0.2) is 60.8 Å². The lowest BCUT2D eigenvalue weighted by Crippen LogP contribution is -2.29. The van der Waals surface area contributed by atoms with Crippen molar-refractivity contribution in [3.05, 3.63) is 83.4 Å². The first-order valence-corrected chi connectivity index (χ1v) is 13.9. The van der Waals surface area contributed by atoms with Crippen molar-refractivity contribution in [3.8, 4) is 17.3 Å².